The van der Waals surface area contributed by atoms with Crippen LogP contribution in [-0.2, 0) is 9.53 Å². The first-order valence-electron chi connectivity index (χ1n) is 7.19. The van der Waals surface area contributed by atoms with Crippen LogP contribution in [0.4, 0.5) is 0 Å². The molecule has 0 radical (unpaired) electrons. The number of furan rings is 1. The van der Waals surface area contributed by atoms with Crippen LogP contribution in [0.25, 0.3) is 0 Å². The fraction of sp³-hybridized carbons (Fsp3) is 0.600. The van der Waals surface area contributed by atoms with Crippen LogP contribution in [0.15, 0.2) is 23.0 Å². The normalized spacial score (nSPS) is 12.0. The molecule has 0 bridgehead atoms. The Balaban J connectivity index is 2.55. The van der Waals surface area contributed by atoms with E-state index in [1.165, 1.54) is 12.5 Å². The molecule has 0 saturated carbocycles. The predicted molar refractivity (Wildman–Crippen MR) is 79.0 cm³/mol. The average Bonchev–Trinajstić information content (AvgIpc) is 3.01. The zero-order valence-corrected chi connectivity index (χ0v) is 12.9. The largest absolute Gasteiger partial charge is 0.472 e. The average molecular weight is 296 g/mol. The molecule has 1 atom stereocenters. The maximum Gasteiger partial charge on any atom is 0.257 e. The van der Waals surface area contributed by atoms with E-state index in [-0.39, 0.29) is 24.3 Å². The summed E-state index contributed by atoms with van der Waals surface area (Å²) in [6, 6.07) is 1.70. The molecule has 0 spiro atoms. The molecule has 0 aliphatic rings. The number of ether oxygens (including phenoxy) is 1. The monoisotopic (exact) mass is 296 g/mol. The van der Waals surface area contributed by atoms with Gasteiger partial charge in [-0.05, 0) is 19.4 Å². The van der Waals surface area contributed by atoms with Gasteiger partial charge in [-0.25, -0.2) is 0 Å². The molecule has 0 aliphatic heterocycles. The quantitative estimate of drug-likeness (QED) is 0.704. The van der Waals surface area contributed by atoms with Crippen LogP contribution in [-0.4, -0.2) is 49.6 Å². The Kier molecular flexibility index (Phi) is 7.53. The summed E-state index contributed by atoms with van der Waals surface area (Å²) in [6.45, 7) is 5.33. The Morgan fingerprint density at radius 1 is 1.48 bits per heavy atom. The summed E-state index contributed by atoms with van der Waals surface area (Å²) in [5, 5.41) is 2.75. The highest BCUT2D eigenvalue weighted by Gasteiger charge is 2.21. The van der Waals surface area contributed by atoms with Gasteiger partial charge < -0.3 is 19.4 Å². The second-order valence-corrected chi connectivity index (χ2v) is 4.86. The molecule has 1 aromatic rings. The standard InChI is InChI=1S/C15H24N2O4/c1-4-12(2)17(15(19)13-6-9-21-11-13)8-5-14(18)16-7-10-20-3/h6,9,11-12H,4-5,7-8,10H2,1-3H3,(H,16,18)/t12-/m1/s1. The molecule has 6 nitrogen and oxygen atoms in total. The van der Waals surface area contributed by atoms with Crippen LogP contribution in [0.5, 0.6) is 0 Å². The van der Waals surface area contributed by atoms with Gasteiger partial charge in [-0.2, -0.15) is 0 Å². The lowest BCUT2D eigenvalue weighted by atomic mass is 10.1. The van der Waals surface area contributed by atoms with Gasteiger partial charge in [-0.3, -0.25) is 9.59 Å². The molecular weight excluding hydrogens is 272 g/mol. The van der Waals surface area contributed by atoms with Crippen molar-refractivity contribution in [2.45, 2.75) is 32.7 Å². The number of amides is 2. The van der Waals surface area contributed by atoms with Crippen LogP contribution in [0.3, 0.4) is 0 Å². The van der Waals surface area contributed by atoms with Crippen LogP contribution in [0.2, 0.25) is 0 Å². The molecular formula is C15H24N2O4. The van der Waals surface area contributed by atoms with Crippen molar-refractivity contribution < 1.29 is 18.7 Å². The van der Waals surface area contributed by atoms with E-state index in [0.717, 1.165) is 6.42 Å². The second-order valence-electron chi connectivity index (χ2n) is 4.86. The van der Waals surface area contributed by atoms with Crippen molar-refractivity contribution in [3.8, 4) is 0 Å². The number of carbonyl (C=O) groups is 2. The summed E-state index contributed by atoms with van der Waals surface area (Å²) in [6.07, 6.45) is 4.00. The molecule has 0 aliphatic carbocycles. The zero-order valence-electron chi connectivity index (χ0n) is 12.9. The first kappa shape index (κ1) is 17.2. The first-order chi connectivity index (χ1) is 10.1. The topological polar surface area (TPSA) is 71.8 Å². The first-order valence-corrected chi connectivity index (χ1v) is 7.19. The third kappa shape index (κ3) is 5.59. The second kappa shape index (κ2) is 9.18. The third-order valence-corrected chi connectivity index (χ3v) is 3.36. The highest BCUT2D eigenvalue weighted by Crippen LogP contribution is 2.12. The van der Waals surface area contributed by atoms with Gasteiger partial charge in [0, 0.05) is 32.7 Å². The lowest BCUT2D eigenvalue weighted by molar-refractivity contribution is -0.121. The van der Waals surface area contributed by atoms with Gasteiger partial charge in [0.15, 0.2) is 0 Å². The molecule has 0 fully saturated rings. The van der Waals surface area contributed by atoms with Crippen molar-refractivity contribution in [2.24, 2.45) is 0 Å². The number of rotatable bonds is 9. The van der Waals surface area contributed by atoms with Gasteiger partial charge in [0.1, 0.15) is 6.26 Å². The molecule has 2 amide bonds. The summed E-state index contributed by atoms with van der Waals surface area (Å²) < 4.78 is 9.82. The maximum atomic E-state index is 12.4. The lowest BCUT2D eigenvalue weighted by Crippen LogP contribution is -2.41. The van der Waals surface area contributed by atoms with Crippen LogP contribution < -0.4 is 5.32 Å². The van der Waals surface area contributed by atoms with Gasteiger partial charge in [0.2, 0.25) is 5.91 Å². The Morgan fingerprint density at radius 2 is 2.24 bits per heavy atom. The summed E-state index contributed by atoms with van der Waals surface area (Å²) in [5.74, 6) is -0.192. The molecule has 1 rings (SSSR count). The van der Waals surface area contributed by atoms with E-state index < -0.39 is 0 Å². The SMILES string of the molecule is CC[C@@H](C)N(CCC(=O)NCCOC)C(=O)c1ccoc1. The third-order valence-electron chi connectivity index (χ3n) is 3.36. The number of carbonyl (C=O) groups excluding carboxylic acids is 2. The summed E-state index contributed by atoms with van der Waals surface area (Å²) in [7, 11) is 1.58. The van der Waals surface area contributed by atoms with Crippen molar-refractivity contribution in [3.05, 3.63) is 24.2 Å². The Bertz CT molecular complexity index is 431. The number of nitrogens with zero attached hydrogens (tertiary/aromatic N) is 1. The predicted octanol–water partition coefficient (Wildman–Crippen LogP) is 1.67. The number of methoxy groups -OCH3 is 1. The van der Waals surface area contributed by atoms with E-state index in [0.29, 0.717) is 25.3 Å². The van der Waals surface area contributed by atoms with Gasteiger partial charge in [0.25, 0.3) is 5.91 Å². The minimum Gasteiger partial charge on any atom is -0.472 e. The number of nitrogens with one attached hydrogen (secondary N) is 1. The van der Waals surface area contributed by atoms with Gasteiger partial charge >= 0.3 is 0 Å². The van der Waals surface area contributed by atoms with E-state index >= 15 is 0 Å². The summed E-state index contributed by atoms with van der Waals surface area (Å²) in [4.78, 5) is 25.8. The summed E-state index contributed by atoms with van der Waals surface area (Å²) >= 11 is 0. The Hall–Kier alpha value is -1.82. The molecule has 0 aromatic carbocycles. The maximum absolute atomic E-state index is 12.4. The van der Waals surface area contributed by atoms with Crippen molar-refractivity contribution >= 4 is 11.8 Å². The van der Waals surface area contributed by atoms with Crippen molar-refractivity contribution in [1.82, 2.24) is 10.2 Å². The highest BCUT2D eigenvalue weighted by molar-refractivity contribution is 5.94. The molecule has 118 valence electrons. The number of hydrogen-bond acceptors (Lipinski definition) is 4. The van der Waals surface area contributed by atoms with Crippen LogP contribution >= 0.6 is 0 Å². The van der Waals surface area contributed by atoms with E-state index in [9.17, 15) is 9.59 Å². The Labute approximate surface area is 125 Å². The minimum absolute atomic E-state index is 0.0687. The fourth-order valence-electron chi connectivity index (χ4n) is 1.90. The molecule has 0 unspecified atom stereocenters. The molecule has 1 aromatic heterocycles. The smallest absolute Gasteiger partial charge is 0.257 e. The molecule has 21 heavy (non-hydrogen) atoms. The zero-order chi connectivity index (χ0) is 15.7. The van der Waals surface area contributed by atoms with Crippen molar-refractivity contribution in [1.29, 1.82) is 0 Å². The minimum atomic E-state index is -0.109. The molecule has 1 N–H and O–H groups in total. The van der Waals surface area contributed by atoms with E-state index in [1.807, 2.05) is 13.8 Å². The molecule has 1 heterocycles. The van der Waals surface area contributed by atoms with E-state index in [4.69, 9.17) is 9.15 Å². The highest BCUT2D eigenvalue weighted by atomic mass is 16.5. The molecule has 0 saturated heterocycles. The van der Waals surface area contributed by atoms with Gasteiger partial charge in [-0.1, -0.05) is 6.92 Å². The van der Waals surface area contributed by atoms with Crippen LogP contribution in [0.1, 0.15) is 37.0 Å². The molecule has 6 heteroatoms. The van der Waals surface area contributed by atoms with Crippen molar-refractivity contribution in [3.63, 3.8) is 0 Å². The van der Waals surface area contributed by atoms with Gasteiger partial charge in [-0.15, -0.1) is 0 Å². The summed E-state index contributed by atoms with van der Waals surface area (Å²) in [5.41, 5.74) is 0.509. The Morgan fingerprint density at radius 3 is 2.81 bits per heavy atom. The van der Waals surface area contributed by atoms with Crippen molar-refractivity contribution in [2.75, 3.05) is 26.8 Å². The van der Waals surface area contributed by atoms with E-state index in [1.54, 1.807) is 18.1 Å². The number of hydrogen-bond donors (Lipinski definition) is 1. The van der Waals surface area contributed by atoms with E-state index in [2.05, 4.69) is 5.32 Å². The van der Waals surface area contributed by atoms with Gasteiger partial charge in [0.05, 0.1) is 18.4 Å². The van der Waals surface area contributed by atoms with Crippen LogP contribution in [0, 0.1) is 0 Å². The lowest BCUT2D eigenvalue weighted by Gasteiger charge is -2.28. The fourth-order valence-corrected chi connectivity index (χ4v) is 1.90.